The minimum Gasteiger partial charge on any atom is -0.496 e. The fourth-order valence-electron chi connectivity index (χ4n) is 6.07. The van der Waals surface area contributed by atoms with E-state index in [2.05, 4.69) is 107 Å². The predicted molar refractivity (Wildman–Crippen MR) is 189 cm³/mol. The molecule has 0 aliphatic carbocycles. The summed E-state index contributed by atoms with van der Waals surface area (Å²) in [6.07, 6.45) is 3.33. The first kappa shape index (κ1) is 31.0. The van der Waals surface area contributed by atoms with Gasteiger partial charge < -0.3 is 20.1 Å². The van der Waals surface area contributed by atoms with E-state index >= 15 is 0 Å². The number of methoxy groups -OCH3 is 2. The highest BCUT2D eigenvalue weighted by Gasteiger charge is 2.26. The second kappa shape index (κ2) is 13.6. The molecule has 0 saturated carbocycles. The monoisotopic (exact) mass is 631 g/mol. The number of nitrogens with two attached hydrogens (primary N) is 1. The average Bonchev–Trinajstić information content (AvgIpc) is 3.39. The Morgan fingerprint density at radius 3 is 2.37 bits per heavy atom. The Balaban J connectivity index is 1.42. The first-order valence-electron chi connectivity index (χ1n) is 15.4. The van der Waals surface area contributed by atoms with Crippen LogP contribution in [0.4, 0.5) is 11.5 Å². The quantitative estimate of drug-likeness (QED) is 0.157. The molecule has 0 fully saturated rings. The van der Waals surface area contributed by atoms with Crippen LogP contribution >= 0.6 is 11.8 Å². The number of amides is 1. The van der Waals surface area contributed by atoms with Gasteiger partial charge in [-0.25, -0.2) is 4.57 Å². The van der Waals surface area contributed by atoms with E-state index in [0.717, 1.165) is 56.8 Å². The Bertz CT molecular complexity index is 1900. The predicted octanol–water partition coefficient (Wildman–Crippen LogP) is 7.10. The highest BCUT2D eigenvalue weighted by Crippen LogP contribution is 2.49. The molecule has 2 heterocycles. The summed E-state index contributed by atoms with van der Waals surface area (Å²) in [6, 6.07) is 33.7. The number of carbonyl (C=O) groups excluding carboxylic acids is 1. The van der Waals surface area contributed by atoms with Crippen LogP contribution in [0, 0.1) is 0 Å². The number of pyridine rings is 1. The fraction of sp³-hybridized carbons (Fsp3) is 0.211. The SMILES string of the molecule is COc1cccc(OC)c1-c1ccc2c(c1)SC(=Cc1cc(N(C)CCCC(N)=O)[n+](Cc3ccccc3)c3ccccc13)N2C. The lowest BCUT2D eigenvalue weighted by Gasteiger charge is -2.19. The number of para-hydroxylation sites is 1. The number of hydrogen-bond acceptors (Lipinski definition) is 6. The molecule has 0 bridgehead atoms. The number of rotatable bonds is 11. The third-order valence-electron chi connectivity index (χ3n) is 8.42. The number of fused-ring (bicyclic) bond motifs is 2. The average molecular weight is 632 g/mol. The number of benzene rings is 4. The molecule has 0 spiro atoms. The number of hydrogen-bond donors (Lipinski definition) is 1. The van der Waals surface area contributed by atoms with E-state index in [1.165, 1.54) is 15.8 Å². The van der Waals surface area contributed by atoms with E-state index in [1.54, 1.807) is 26.0 Å². The molecule has 1 amide bonds. The Hall–Kier alpha value is -4.95. The molecule has 6 rings (SSSR count). The number of ether oxygens (including phenoxy) is 2. The maximum absolute atomic E-state index is 11.5. The van der Waals surface area contributed by atoms with Gasteiger partial charge in [-0.15, -0.1) is 0 Å². The molecule has 1 aliphatic heterocycles. The zero-order valence-corrected chi connectivity index (χ0v) is 27.5. The molecule has 0 radical (unpaired) electrons. The van der Waals surface area contributed by atoms with Crippen molar-refractivity contribution in [3.63, 3.8) is 0 Å². The zero-order chi connectivity index (χ0) is 32.2. The van der Waals surface area contributed by atoms with Gasteiger partial charge in [-0.2, -0.15) is 0 Å². The van der Waals surface area contributed by atoms with Crippen molar-refractivity contribution in [2.24, 2.45) is 5.73 Å². The van der Waals surface area contributed by atoms with Gasteiger partial charge in [0, 0.05) is 29.8 Å². The smallest absolute Gasteiger partial charge is 0.277 e. The third kappa shape index (κ3) is 6.26. The van der Waals surface area contributed by atoms with Crippen molar-refractivity contribution < 1.29 is 18.8 Å². The van der Waals surface area contributed by atoms with E-state index in [4.69, 9.17) is 15.2 Å². The fourth-order valence-corrected chi connectivity index (χ4v) is 7.21. The Morgan fingerprint density at radius 1 is 0.935 bits per heavy atom. The highest BCUT2D eigenvalue weighted by atomic mass is 32.2. The molecule has 8 heteroatoms. The van der Waals surface area contributed by atoms with Crippen LogP contribution in [0.5, 0.6) is 11.5 Å². The standard InChI is InChI=1S/C38H38N4O3S/c1-40(21-11-18-35(39)43)36-23-28(29-14-8-9-15-30(29)42(36)25-26-12-6-5-7-13-26)24-37-41(2)31-20-19-27(22-34(31)46-37)38-32(44-3)16-10-17-33(38)45-4/h5-10,12-17,19-20,22-24H,11,18,21,25H2,1-4H3,(H-,39,43)/p+1. The highest BCUT2D eigenvalue weighted by molar-refractivity contribution is 8.03. The third-order valence-corrected chi connectivity index (χ3v) is 9.57. The summed E-state index contributed by atoms with van der Waals surface area (Å²) < 4.78 is 13.8. The van der Waals surface area contributed by atoms with Gasteiger partial charge in [-0.05, 0) is 59.5 Å². The largest absolute Gasteiger partial charge is 0.496 e. The van der Waals surface area contributed by atoms with Gasteiger partial charge in [-0.3, -0.25) is 9.69 Å². The van der Waals surface area contributed by atoms with Crippen LogP contribution < -0.4 is 29.6 Å². The molecule has 5 aromatic rings. The molecule has 2 N–H and O–H groups in total. The Kier molecular flexibility index (Phi) is 9.17. The number of carbonyl (C=O) groups is 1. The van der Waals surface area contributed by atoms with Gasteiger partial charge in [0.05, 0.1) is 44.1 Å². The molecule has 0 atom stereocenters. The first-order chi connectivity index (χ1) is 22.4. The van der Waals surface area contributed by atoms with Crippen LogP contribution in [0.2, 0.25) is 0 Å². The molecule has 4 aromatic carbocycles. The summed E-state index contributed by atoms with van der Waals surface area (Å²) in [5.74, 6) is 2.35. The van der Waals surface area contributed by atoms with Crippen LogP contribution in [0.3, 0.4) is 0 Å². The second-order valence-corrected chi connectivity index (χ2v) is 12.5. The van der Waals surface area contributed by atoms with Gasteiger partial charge in [-0.1, -0.05) is 72.4 Å². The first-order valence-corrected chi connectivity index (χ1v) is 16.2. The molecule has 46 heavy (non-hydrogen) atoms. The lowest BCUT2D eigenvalue weighted by molar-refractivity contribution is -0.649. The van der Waals surface area contributed by atoms with Crippen molar-refractivity contribution in [1.82, 2.24) is 0 Å². The van der Waals surface area contributed by atoms with Crippen molar-refractivity contribution >= 4 is 46.2 Å². The Labute approximate surface area is 274 Å². The molecule has 234 valence electrons. The molecule has 7 nitrogen and oxygen atoms in total. The van der Waals surface area contributed by atoms with Crippen molar-refractivity contribution in [2.45, 2.75) is 24.3 Å². The van der Waals surface area contributed by atoms with Gasteiger partial charge >= 0.3 is 0 Å². The van der Waals surface area contributed by atoms with Gasteiger partial charge in [0.1, 0.15) is 23.6 Å². The van der Waals surface area contributed by atoms with Crippen molar-refractivity contribution in [3.8, 4) is 22.6 Å². The summed E-state index contributed by atoms with van der Waals surface area (Å²) in [6.45, 7) is 1.43. The van der Waals surface area contributed by atoms with Crippen LogP contribution in [0.25, 0.3) is 28.1 Å². The molecule has 1 aromatic heterocycles. The van der Waals surface area contributed by atoms with Crippen molar-refractivity contribution in [2.75, 3.05) is 44.7 Å². The maximum atomic E-state index is 11.5. The van der Waals surface area contributed by atoms with Gasteiger partial charge in [0.25, 0.3) is 5.82 Å². The molecule has 0 saturated heterocycles. The number of thioether (sulfide) groups is 1. The summed E-state index contributed by atoms with van der Waals surface area (Å²) in [5.41, 5.74) is 12.1. The van der Waals surface area contributed by atoms with Crippen molar-refractivity contribution in [1.29, 1.82) is 0 Å². The second-order valence-electron chi connectivity index (χ2n) is 11.4. The van der Waals surface area contributed by atoms with Crippen LogP contribution in [0.1, 0.15) is 24.0 Å². The normalized spacial score (nSPS) is 13.2. The van der Waals surface area contributed by atoms with E-state index in [1.807, 2.05) is 24.3 Å². The van der Waals surface area contributed by atoms with Crippen LogP contribution in [-0.4, -0.2) is 40.8 Å². The van der Waals surface area contributed by atoms with E-state index in [-0.39, 0.29) is 5.91 Å². The zero-order valence-electron chi connectivity index (χ0n) is 26.7. The van der Waals surface area contributed by atoms with Crippen LogP contribution in [0.15, 0.2) is 107 Å². The lowest BCUT2D eigenvalue weighted by Crippen LogP contribution is -2.42. The van der Waals surface area contributed by atoms with E-state index < -0.39 is 0 Å². The molecule has 0 unspecified atom stereocenters. The summed E-state index contributed by atoms with van der Waals surface area (Å²) >= 11 is 1.76. The summed E-state index contributed by atoms with van der Waals surface area (Å²) in [7, 11) is 7.58. The summed E-state index contributed by atoms with van der Waals surface area (Å²) in [4.78, 5) is 17.2. The lowest BCUT2D eigenvalue weighted by atomic mass is 10.0. The minimum absolute atomic E-state index is 0.275. The molecular formula is C38H39N4O3S+. The minimum atomic E-state index is -0.275. The van der Waals surface area contributed by atoms with Gasteiger partial charge in [0.2, 0.25) is 5.91 Å². The number of anilines is 2. The summed E-state index contributed by atoms with van der Waals surface area (Å²) in [5, 5.41) is 2.30. The molecular weight excluding hydrogens is 593 g/mol. The van der Waals surface area contributed by atoms with E-state index in [0.29, 0.717) is 19.4 Å². The number of primary amides is 1. The maximum Gasteiger partial charge on any atom is 0.277 e. The number of aromatic nitrogens is 1. The number of nitrogens with zero attached hydrogens (tertiary/aromatic N) is 3. The van der Waals surface area contributed by atoms with E-state index in [9.17, 15) is 4.79 Å². The van der Waals surface area contributed by atoms with Crippen molar-refractivity contribution in [3.05, 3.63) is 113 Å². The Morgan fingerprint density at radius 2 is 1.65 bits per heavy atom. The van der Waals surface area contributed by atoms with Gasteiger partial charge in [0.15, 0.2) is 0 Å². The molecule has 1 aliphatic rings. The topological polar surface area (TPSA) is 71.9 Å². The van der Waals surface area contributed by atoms with Crippen LogP contribution in [-0.2, 0) is 11.3 Å².